The number of nitrogens with zero attached hydrogens (tertiary/aromatic N) is 1. The zero-order valence-corrected chi connectivity index (χ0v) is 10.1. The van der Waals surface area contributed by atoms with Crippen LogP contribution in [0.3, 0.4) is 0 Å². The first-order valence-electron chi connectivity index (χ1n) is 4.96. The van der Waals surface area contributed by atoms with E-state index < -0.39 is 11.0 Å². The van der Waals surface area contributed by atoms with Crippen molar-refractivity contribution in [3.8, 4) is 0 Å². The van der Waals surface area contributed by atoms with Crippen LogP contribution in [0.15, 0.2) is 41.3 Å². The predicted octanol–water partition coefficient (Wildman–Crippen LogP) is 1.89. The van der Waals surface area contributed by atoms with Gasteiger partial charge in [-0.15, -0.1) is 0 Å². The fourth-order valence-corrected chi connectivity index (χ4v) is 2.44. The average Bonchev–Trinajstić information content (AvgIpc) is 2.27. The Labute approximate surface area is 97.5 Å². The van der Waals surface area contributed by atoms with Crippen LogP contribution in [0, 0.1) is 0 Å². The second-order valence-corrected chi connectivity index (χ2v) is 4.85. The van der Waals surface area contributed by atoms with Gasteiger partial charge in [-0.3, -0.25) is 0 Å². The Hall–Kier alpha value is -1.39. The third-order valence-electron chi connectivity index (χ3n) is 2.56. The van der Waals surface area contributed by atoms with E-state index in [1.54, 1.807) is 6.07 Å². The molecule has 2 aromatic rings. The third-order valence-corrected chi connectivity index (χ3v) is 3.35. The Kier molecular flexibility index (Phi) is 2.94. The molecule has 0 fully saturated rings. The number of hydrogen-bond donors (Lipinski definition) is 1. The highest BCUT2D eigenvalue weighted by molar-refractivity contribution is 7.83. The summed E-state index contributed by atoms with van der Waals surface area (Å²) in [4.78, 5) is 2.71. The van der Waals surface area contributed by atoms with E-state index in [2.05, 4.69) is 0 Å². The Morgan fingerprint density at radius 2 is 1.69 bits per heavy atom. The number of fused-ring (bicyclic) bond motifs is 1. The number of rotatable bonds is 2. The van der Waals surface area contributed by atoms with Crippen LogP contribution in [0.4, 0.5) is 5.69 Å². The highest BCUT2D eigenvalue weighted by atomic mass is 32.2. The van der Waals surface area contributed by atoms with Crippen LogP contribution in [0.5, 0.6) is 0 Å². The molecule has 2 rings (SSSR count). The van der Waals surface area contributed by atoms with Gasteiger partial charge in [0.25, 0.3) is 0 Å². The zero-order chi connectivity index (χ0) is 11.7. The summed E-state index contributed by atoms with van der Waals surface area (Å²) < 4.78 is 11.4. The van der Waals surface area contributed by atoms with Crippen molar-refractivity contribution in [3.63, 3.8) is 0 Å². The van der Waals surface area contributed by atoms with Crippen molar-refractivity contribution in [3.05, 3.63) is 36.4 Å². The second-order valence-electron chi connectivity index (χ2n) is 3.82. The summed E-state index contributed by atoms with van der Waals surface area (Å²) in [6.07, 6.45) is 0. The molecule has 0 radical (unpaired) electrons. The zero-order valence-electron chi connectivity index (χ0n) is 9.31. The van der Waals surface area contributed by atoms with E-state index in [0.717, 1.165) is 16.5 Å². The van der Waals surface area contributed by atoms with Gasteiger partial charge in [-0.1, -0.05) is 24.3 Å². The normalized spacial score (nSPS) is 12.7. The smallest absolute Gasteiger partial charge is 0.122 e. The monoisotopic (exact) mass is 234 g/mol. The Balaban J connectivity index is 2.81. The van der Waals surface area contributed by atoms with E-state index in [1.165, 1.54) is 0 Å². The molecule has 1 atom stereocenters. The minimum Gasteiger partial charge on any atom is -0.377 e. The molecule has 0 heterocycles. The summed E-state index contributed by atoms with van der Waals surface area (Å²) in [5.74, 6) is 0. The van der Waals surface area contributed by atoms with Gasteiger partial charge in [-0.2, -0.15) is 0 Å². The first-order chi connectivity index (χ1) is 7.61. The van der Waals surface area contributed by atoms with E-state index in [1.807, 2.05) is 49.3 Å². The van der Waals surface area contributed by atoms with Gasteiger partial charge in [0.05, 0.1) is 4.90 Å². The maximum absolute atomic E-state index is 11.4. The molecule has 3 nitrogen and oxygen atoms in total. The van der Waals surface area contributed by atoms with Crippen molar-refractivity contribution in [2.45, 2.75) is 4.90 Å². The van der Waals surface area contributed by atoms with Gasteiger partial charge in [0.15, 0.2) is 0 Å². The quantitative estimate of drug-likeness (QED) is 0.862. The van der Waals surface area contributed by atoms with Gasteiger partial charge >= 0.3 is 0 Å². The lowest BCUT2D eigenvalue weighted by Crippen LogP contribution is -2.09. The van der Waals surface area contributed by atoms with Crippen molar-refractivity contribution >= 4 is 27.4 Å². The van der Waals surface area contributed by atoms with Crippen LogP contribution >= 0.6 is 0 Å². The summed E-state index contributed by atoms with van der Waals surface area (Å²) in [5.41, 5.74) is 1.10. The fraction of sp³-hybridized carbons (Fsp3) is 0.167. The van der Waals surface area contributed by atoms with Crippen molar-refractivity contribution in [1.82, 2.24) is 0 Å². The van der Waals surface area contributed by atoms with Gasteiger partial charge in [-0.05, 0) is 12.1 Å². The number of benzene rings is 2. The lowest BCUT2D eigenvalue weighted by atomic mass is 10.1. The molecule has 2 N–H and O–H groups in total. The van der Waals surface area contributed by atoms with Gasteiger partial charge in [0, 0.05) is 30.6 Å². The molecule has 1 unspecified atom stereocenters. The third kappa shape index (κ3) is 1.81. The van der Waals surface area contributed by atoms with Gasteiger partial charge in [0.2, 0.25) is 0 Å². The highest BCUT2D eigenvalue weighted by Gasteiger charge is 2.08. The minimum atomic E-state index is -1.44. The first kappa shape index (κ1) is 11.1. The molecule has 0 aromatic heterocycles. The molecule has 0 saturated heterocycles. The summed E-state index contributed by atoms with van der Waals surface area (Å²) in [6, 6.07) is 11.6. The average molecular weight is 234 g/mol. The Morgan fingerprint density at radius 3 is 2.31 bits per heavy atom. The lowest BCUT2D eigenvalue weighted by Gasteiger charge is -2.16. The summed E-state index contributed by atoms with van der Waals surface area (Å²) in [7, 11) is 2.53. The van der Waals surface area contributed by atoms with Crippen LogP contribution in [0.2, 0.25) is 0 Å². The molecule has 0 aliphatic rings. The van der Waals surface area contributed by atoms with Crippen molar-refractivity contribution in [2.75, 3.05) is 19.0 Å². The lowest BCUT2D eigenvalue weighted by molar-refractivity contribution is 0.685. The van der Waals surface area contributed by atoms with Crippen LogP contribution < -0.4 is 10.0 Å². The number of nitrogens with two attached hydrogens (primary N) is 1. The van der Waals surface area contributed by atoms with Gasteiger partial charge < -0.3 is 4.90 Å². The van der Waals surface area contributed by atoms with Gasteiger partial charge in [0.1, 0.15) is 11.0 Å². The molecular formula is C12H14N2OS. The van der Waals surface area contributed by atoms with E-state index in [4.69, 9.17) is 5.14 Å². The molecule has 16 heavy (non-hydrogen) atoms. The van der Waals surface area contributed by atoms with Crippen LogP contribution in [0.25, 0.3) is 10.8 Å². The van der Waals surface area contributed by atoms with E-state index in [-0.39, 0.29) is 0 Å². The molecule has 4 heteroatoms. The predicted molar refractivity (Wildman–Crippen MR) is 68.9 cm³/mol. The number of anilines is 1. The summed E-state index contributed by atoms with van der Waals surface area (Å²) in [6.45, 7) is 0. The molecule has 0 amide bonds. The summed E-state index contributed by atoms with van der Waals surface area (Å²) >= 11 is 0. The number of hydrogen-bond acceptors (Lipinski definition) is 2. The maximum atomic E-state index is 11.4. The standard InChI is InChI=1S/C12H14N2OS/c1-14(2)11-7-3-6-10-9(11)5-4-8-12(10)16(13)15/h3-8H,13H2,1-2H3. The molecular weight excluding hydrogens is 220 g/mol. The van der Waals surface area contributed by atoms with Crippen molar-refractivity contribution < 1.29 is 4.21 Å². The van der Waals surface area contributed by atoms with E-state index >= 15 is 0 Å². The Morgan fingerprint density at radius 1 is 1.06 bits per heavy atom. The largest absolute Gasteiger partial charge is 0.377 e. The van der Waals surface area contributed by atoms with Crippen LogP contribution in [-0.4, -0.2) is 18.3 Å². The fourth-order valence-electron chi connectivity index (χ4n) is 1.83. The molecule has 0 aliphatic heterocycles. The second kappa shape index (κ2) is 4.23. The molecule has 0 saturated carbocycles. The SMILES string of the molecule is CN(C)c1cccc2c(S(N)=O)cccc12. The van der Waals surface area contributed by atoms with Crippen molar-refractivity contribution in [2.24, 2.45) is 5.14 Å². The van der Waals surface area contributed by atoms with E-state index in [9.17, 15) is 4.21 Å². The Bertz CT molecular complexity index is 552. The first-order valence-corrected chi connectivity index (χ1v) is 6.18. The van der Waals surface area contributed by atoms with Gasteiger partial charge in [-0.25, -0.2) is 9.35 Å². The molecule has 0 aliphatic carbocycles. The van der Waals surface area contributed by atoms with E-state index in [0.29, 0.717) is 4.90 Å². The molecule has 84 valence electrons. The molecule has 0 spiro atoms. The van der Waals surface area contributed by atoms with Crippen LogP contribution in [-0.2, 0) is 11.0 Å². The molecule has 0 bridgehead atoms. The molecule has 2 aromatic carbocycles. The maximum Gasteiger partial charge on any atom is 0.122 e. The van der Waals surface area contributed by atoms with Crippen LogP contribution in [0.1, 0.15) is 0 Å². The topological polar surface area (TPSA) is 46.3 Å². The van der Waals surface area contributed by atoms with Crippen molar-refractivity contribution in [1.29, 1.82) is 0 Å². The summed E-state index contributed by atoms with van der Waals surface area (Å²) in [5, 5.41) is 7.49. The minimum absolute atomic E-state index is 0.682. The highest BCUT2D eigenvalue weighted by Crippen LogP contribution is 2.28.